The Morgan fingerprint density at radius 2 is 1.68 bits per heavy atom. The molecule has 3 heteroatoms. The molecule has 0 fully saturated rings. The number of ether oxygens (including phenoxy) is 1. The van der Waals surface area contributed by atoms with E-state index in [1.54, 1.807) is 7.11 Å². The summed E-state index contributed by atoms with van der Waals surface area (Å²) in [6.45, 7) is 0. The lowest BCUT2D eigenvalue weighted by Gasteiger charge is -2.11. The molecule has 0 saturated heterocycles. The van der Waals surface area contributed by atoms with E-state index in [4.69, 9.17) is 4.74 Å². The predicted molar refractivity (Wildman–Crippen MR) is 80.4 cm³/mol. The molecule has 2 nitrogen and oxygen atoms in total. The fourth-order valence-electron chi connectivity index (χ4n) is 1.95. The molecule has 0 aliphatic carbocycles. The summed E-state index contributed by atoms with van der Waals surface area (Å²) in [6.07, 6.45) is 1.14. The number of halogens is 1. The highest BCUT2D eigenvalue weighted by atomic mass is 79.9. The van der Waals surface area contributed by atoms with Crippen LogP contribution in [0.2, 0.25) is 0 Å². The molecule has 19 heavy (non-hydrogen) atoms. The lowest BCUT2D eigenvalue weighted by atomic mass is 10.0. The standard InChI is InChI=1S/C16H17BrO2/c1-19-15-9-5-13(6-10-15)16(18)11-4-12-2-7-14(17)8-3-12/h2-3,5-10,16,18H,4,11H2,1H3. The highest BCUT2D eigenvalue weighted by molar-refractivity contribution is 9.10. The van der Waals surface area contributed by atoms with Gasteiger partial charge in [-0.25, -0.2) is 0 Å². The Morgan fingerprint density at radius 1 is 1.05 bits per heavy atom. The minimum absolute atomic E-state index is 0.436. The predicted octanol–water partition coefficient (Wildman–Crippen LogP) is 4.12. The van der Waals surface area contributed by atoms with Crippen LogP contribution in [0.25, 0.3) is 0 Å². The van der Waals surface area contributed by atoms with Gasteiger partial charge in [-0.2, -0.15) is 0 Å². The summed E-state index contributed by atoms with van der Waals surface area (Å²) >= 11 is 3.41. The number of aryl methyl sites for hydroxylation is 1. The van der Waals surface area contributed by atoms with E-state index < -0.39 is 6.10 Å². The smallest absolute Gasteiger partial charge is 0.118 e. The SMILES string of the molecule is COc1ccc(C(O)CCc2ccc(Br)cc2)cc1. The van der Waals surface area contributed by atoms with Gasteiger partial charge in [-0.15, -0.1) is 0 Å². The van der Waals surface area contributed by atoms with Gasteiger partial charge in [0.05, 0.1) is 13.2 Å². The zero-order valence-corrected chi connectivity index (χ0v) is 12.4. The van der Waals surface area contributed by atoms with Gasteiger partial charge in [-0.1, -0.05) is 40.2 Å². The monoisotopic (exact) mass is 320 g/mol. The van der Waals surface area contributed by atoms with Gasteiger partial charge < -0.3 is 9.84 Å². The van der Waals surface area contributed by atoms with Gasteiger partial charge in [0.2, 0.25) is 0 Å². The van der Waals surface area contributed by atoms with Crippen LogP contribution in [0.15, 0.2) is 53.0 Å². The van der Waals surface area contributed by atoms with Gasteiger partial charge >= 0.3 is 0 Å². The summed E-state index contributed by atoms with van der Waals surface area (Å²) in [5, 5.41) is 10.1. The van der Waals surface area contributed by atoms with Crippen LogP contribution >= 0.6 is 15.9 Å². The summed E-state index contributed by atoms with van der Waals surface area (Å²) < 4.78 is 6.18. The van der Waals surface area contributed by atoms with E-state index in [1.165, 1.54) is 5.56 Å². The van der Waals surface area contributed by atoms with Crippen molar-refractivity contribution in [2.45, 2.75) is 18.9 Å². The van der Waals surface area contributed by atoms with Crippen molar-refractivity contribution in [1.29, 1.82) is 0 Å². The zero-order valence-electron chi connectivity index (χ0n) is 10.8. The number of hydrogen-bond donors (Lipinski definition) is 1. The first-order valence-corrected chi connectivity index (χ1v) is 7.05. The van der Waals surface area contributed by atoms with E-state index in [0.29, 0.717) is 6.42 Å². The first kappa shape index (κ1) is 14.1. The van der Waals surface area contributed by atoms with Crippen molar-refractivity contribution in [3.05, 3.63) is 64.1 Å². The average molecular weight is 321 g/mol. The van der Waals surface area contributed by atoms with Crippen molar-refractivity contribution in [2.75, 3.05) is 7.11 Å². The van der Waals surface area contributed by atoms with Crippen molar-refractivity contribution < 1.29 is 9.84 Å². The topological polar surface area (TPSA) is 29.5 Å². The molecule has 0 amide bonds. The van der Waals surface area contributed by atoms with Gasteiger partial charge in [0.1, 0.15) is 5.75 Å². The third-order valence-corrected chi connectivity index (χ3v) is 3.65. The molecule has 1 N–H and O–H groups in total. The van der Waals surface area contributed by atoms with Crippen molar-refractivity contribution in [3.8, 4) is 5.75 Å². The molecule has 2 aromatic carbocycles. The maximum absolute atomic E-state index is 10.1. The second-order valence-electron chi connectivity index (χ2n) is 4.45. The maximum atomic E-state index is 10.1. The number of methoxy groups -OCH3 is 1. The molecule has 0 saturated carbocycles. The molecule has 2 rings (SSSR count). The first-order valence-electron chi connectivity index (χ1n) is 6.25. The van der Waals surface area contributed by atoms with E-state index in [2.05, 4.69) is 28.1 Å². The quantitative estimate of drug-likeness (QED) is 0.897. The van der Waals surface area contributed by atoms with Crippen molar-refractivity contribution in [2.24, 2.45) is 0 Å². The van der Waals surface area contributed by atoms with Crippen LogP contribution in [0.1, 0.15) is 23.7 Å². The molecule has 0 spiro atoms. The molecule has 1 unspecified atom stereocenters. The highest BCUT2D eigenvalue weighted by Gasteiger charge is 2.07. The lowest BCUT2D eigenvalue weighted by Crippen LogP contribution is -1.99. The fourth-order valence-corrected chi connectivity index (χ4v) is 2.21. The number of hydrogen-bond acceptors (Lipinski definition) is 2. The normalized spacial score (nSPS) is 12.2. The Kier molecular flexibility index (Phi) is 5.00. The molecule has 0 radical (unpaired) electrons. The number of aliphatic hydroxyl groups excluding tert-OH is 1. The van der Waals surface area contributed by atoms with E-state index in [-0.39, 0.29) is 0 Å². The molecule has 0 bridgehead atoms. The molecule has 0 aliphatic heterocycles. The van der Waals surface area contributed by atoms with Crippen LogP contribution in [0.4, 0.5) is 0 Å². The summed E-state index contributed by atoms with van der Waals surface area (Å²) in [4.78, 5) is 0. The number of rotatable bonds is 5. The Hall–Kier alpha value is -1.32. The molecular formula is C16H17BrO2. The minimum Gasteiger partial charge on any atom is -0.497 e. The second-order valence-corrected chi connectivity index (χ2v) is 5.37. The van der Waals surface area contributed by atoms with Gasteiger partial charge in [0.15, 0.2) is 0 Å². The molecule has 0 aromatic heterocycles. The second kappa shape index (κ2) is 6.73. The highest BCUT2D eigenvalue weighted by Crippen LogP contribution is 2.22. The summed E-state index contributed by atoms with van der Waals surface area (Å²) in [5.41, 5.74) is 2.16. The Morgan fingerprint density at radius 3 is 2.26 bits per heavy atom. The maximum Gasteiger partial charge on any atom is 0.118 e. The van der Waals surface area contributed by atoms with Crippen LogP contribution in [-0.4, -0.2) is 12.2 Å². The zero-order chi connectivity index (χ0) is 13.7. The van der Waals surface area contributed by atoms with Crippen molar-refractivity contribution in [1.82, 2.24) is 0 Å². The molecule has 100 valence electrons. The minimum atomic E-state index is -0.436. The van der Waals surface area contributed by atoms with Crippen molar-refractivity contribution in [3.63, 3.8) is 0 Å². The Bertz CT molecular complexity index is 505. The van der Waals surface area contributed by atoms with E-state index >= 15 is 0 Å². The van der Waals surface area contributed by atoms with Crippen LogP contribution in [-0.2, 0) is 6.42 Å². The van der Waals surface area contributed by atoms with E-state index in [9.17, 15) is 5.11 Å². The molecule has 0 aliphatic rings. The molecule has 0 heterocycles. The molecule has 2 aromatic rings. The van der Waals surface area contributed by atoms with E-state index in [0.717, 1.165) is 22.2 Å². The Labute approximate surface area is 122 Å². The van der Waals surface area contributed by atoms with E-state index in [1.807, 2.05) is 36.4 Å². The summed E-state index contributed by atoms with van der Waals surface area (Å²) in [6, 6.07) is 15.8. The average Bonchev–Trinajstić information content (AvgIpc) is 2.46. The molecular weight excluding hydrogens is 304 g/mol. The largest absolute Gasteiger partial charge is 0.497 e. The van der Waals surface area contributed by atoms with Crippen LogP contribution < -0.4 is 4.74 Å². The summed E-state index contributed by atoms with van der Waals surface area (Å²) in [7, 11) is 1.64. The summed E-state index contributed by atoms with van der Waals surface area (Å²) in [5.74, 6) is 0.809. The third-order valence-electron chi connectivity index (χ3n) is 3.12. The van der Waals surface area contributed by atoms with Gasteiger partial charge in [0, 0.05) is 4.47 Å². The van der Waals surface area contributed by atoms with Gasteiger partial charge in [-0.05, 0) is 48.2 Å². The third kappa shape index (κ3) is 4.08. The van der Waals surface area contributed by atoms with Crippen LogP contribution in [0.5, 0.6) is 5.75 Å². The fraction of sp³-hybridized carbons (Fsp3) is 0.250. The first-order chi connectivity index (χ1) is 9.19. The molecule has 1 atom stereocenters. The van der Waals surface area contributed by atoms with Crippen molar-refractivity contribution >= 4 is 15.9 Å². The van der Waals surface area contributed by atoms with Crippen LogP contribution in [0, 0.1) is 0 Å². The lowest BCUT2D eigenvalue weighted by molar-refractivity contribution is 0.168. The number of aliphatic hydroxyl groups is 1. The van der Waals surface area contributed by atoms with Gasteiger partial charge in [0.25, 0.3) is 0 Å². The number of benzene rings is 2. The Balaban J connectivity index is 1.93. The van der Waals surface area contributed by atoms with Crippen LogP contribution in [0.3, 0.4) is 0 Å². The van der Waals surface area contributed by atoms with Gasteiger partial charge in [-0.3, -0.25) is 0 Å².